The highest BCUT2D eigenvalue weighted by molar-refractivity contribution is 7.19. The first-order valence-electron chi connectivity index (χ1n) is 6.28. The molecule has 1 heterocycles. The van der Waals surface area contributed by atoms with Gasteiger partial charge in [-0.1, -0.05) is 13.0 Å². The molecule has 0 aliphatic rings. The van der Waals surface area contributed by atoms with Crippen molar-refractivity contribution in [1.29, 1.82) is 0 Å². The molecule has 1 N–H and O–H groups in total. The van der Waals surface area contributed by atoms with Crippen molar-refractivity contribution < 1.29 is 4.39 Å². The van der Waals surface area contributed by atoms with Crippen LogP contribution < -0.4 is 5.32 Å². The van der Waals surface area contributed by atoms with E-state index in [1.165, 1.54) is 10.9 Å². The highest BCUT2D eigenvalue weighted by Gasteiger charge is 2.13. The second-order valence-corrected chi connectivity index (χ2v) is 5.42. The Morgan fingerprint density at radius 3 is 3.00 bits per heavy atom. The highest BCUT2D eigenvalue weighted by Crippen LogP contribution is 2.32. The molecule has 1 aromatic carbocycles. The van der Waals surface area contributed by atoms with Gasteiger partial charge < -0.3 is 5.32 Å². The lowest BCUT2D eigenvalue weighted by molar-refractivity contribution is 0.527. The van der Waals surface area contributed by atoms with Crippen molar-refractivity contribution in [3.05, 3.63) is 47.6 Å². The number of halogens is 1. The number of allylic oxidation sites excluding steroid dienone is 1. The summed E-state index contributed by atoms with van der Waals surface area (Å²) in [6.45, 7) is 6.81. The Kier molecular flexibility index (Phi) is 4.50. The van der Waals surface area contributed by atoms with E-state index in [9.17, 15) is 4.39 Å². The van der Waals surface area contributed by atoms with E-state index >= 15 is 0 Å². The molecule has 3 heteroatoms. The zero-order valence-corrected chi connectivity index (χ0v) is 11.4. The molecule has 0 bridgehead atoms. The van der Waals surface area contributed by atoms with Gasteiger partial charge in [-0.25, -0.2) is 4.39 Å². The topological polar surface area (TPSA) is 12.0 Å². The molecule has 1 unspecified atom stereocenters. The van der Waals surface area contributed by atoms with Gasteiger partial charge in [0.1, 0.15) is 5.82 Å². The maximum absolute atomic E-state index is 13.2. The molecule has 0 aliphatic carbocycles. The van der Waals surface area contributed by atoms with E-state index in [2.05, 4.69) is 24.9 Å². The van der Waals surface area contributed by atoms with Gasteiger partial charge in [0, 0.05) is 15.6 Å². The molecular weight excluding hydrogens is 245 g/mol. The van der Waals surface area contributed by atoms with Crippen LogP contribution in [0.5, 0.6) is 0 Å². The van der Waals surface area contributed by atoms with Crippen LogP contribution >= 0.6 is 11.3 Å². The molecule has 0 saturated carbocycles. The number of nitrogens with one attached hydrogen (secondary N) is 1. The lowest BCUT2D eigenvalue weighted by Gasteiger charge is -2.14. The molecule has 0 radical (unpaired) electrons. The minimum Gasteiger partial charge on any atom is -0.310 e. The maximum atomic E-state index is 13.2. The van der Waals surface area contributed by atoms with Crippen LogP contribution in [-0.4, -0.2) is 6.54 Å². The summed E-state index contributed by atoms with van der Waals surface area (Å²) in [6.07, 6.45) is 3.96. The standard InChI is InChI=1S/C15H18FNS/c1-3-5-6-13(17-4-2)15-10-11-9-12(16)7-8-14(11)18-15/h3,7-10,13,17H,1,4-6H2,2H3. The van der Waals surface area contributed by atoms with Crippen LogP contribution in [0.15, 0.2) is 36.9 Å². The lowest BCUT2D eigenvalue weighted by Crippen LogP contribution is -2.19. The number of rotatable bonds is 6. The summed E-state index contributed by atoms with van der Waals surface area (Å²) in [4.78, 5) is 1.28. The van der Waals surface area contributed by atoms with Crippen molar-refractivity contribution in [3.63, 3.8) is 0 Å². The normalized spacial score (nSPS) is 12.8. The van der Waals surface area contributed by atoms with Gasteiger partial charge in [0.25, 0.3) is 0 Å². The third kappa shape index (κ3) is 2.98. The van der Waals surface area contributed by atoms with Crippen LogP contribution in [0.4, 0.5) is 4.39 Å². The van der Waals surface area contributed by atoms with Crippen LogP contribution in [0.2, 0.25) is 0 Å². The van der Waals surface area contributed by atoms with E-state index in [1.807, 2.05) is 12.1 Å². The summed E-state index contributed by atoms with van der Waals surface area (Å²) in [5.74, 6) is -0.169. The molecule has 0 spiro atoms. The summed E-state index contributed by atoms with van der Waals surface area (Å²) >= 11 is 1.74. The Bertz CT molecular complexity index is 532. The Morgan fingerprint density at radius 2 is 2.28 bits per heavy atom. The fourth-order valence-corrected chi connectivity index (χ4v) is 3.24. The number of hydrogen-bond donors (Lipinski definition) is 1. The van der Waals surface area contributed by atoms with Crippen molar-refractivity contribution in [2.45, 2.75) is 25.8 Å². The van der Waals surface area contributed by atoms with Crippen LogP contribution in [0.1, 0.15) is 30.7 Å². The van der Waals surface area contributed by atoms with Gasteiger partial charge in [-0.05, 0) is 49.0 Å². The molecule has 96 valence electrons. The fourth-order valence-electron chi connectivity index (χ4n) is 2.08. The van der Waals surface area contributed by atoms with E-state index in [-0.39, 0.29) is 5.82 Å². The van der Waals surface area contributed by atoms with E-state index < -0.39 is 0 Å². The number of fused-ring (bicyclic) bond motifs is 1. The smallest absolute Gasteiger partial charge is 0.123 e. The Morgan fingerprint density at radius 1 is 1.44 bits per heavy atom. The van der Waals surface area contributed by atoms with Gasteiger partial charge in [-0.3, -0.25) is 0 Å². The van der Waals surface area contributed by atoms with Crippen molar-refractivity contribution in [2.75, 3.05) is 6.54 Å². The van der Waals surface area contributed by atoms with Crippen molar-refractivity contribution >= 4 is 21.4 Å². The quantitative estimate of drug-likeness (QED) is 0.748. The molecule has 2 aromatic rings. The third-order valence-corrected chi connectivity index (χ3v) is 4.18. The zero-order chi connectivity index (χ0) is 13.0. The Hall–Kier alpha value is -1.19. The molecule has 0 saturated heterocycles. The van der Waals surface area contributed by atoms with Gasteiger partial charge in [-0.2, -0.15) is 0 Å². The summed E-state index contributed by atoms with van der Waals surface area (Å²) in [5.41, 5.74) is 0. The van der Waals surface area contributed by atoms with E-state index in [0.29, 0.717) is 6.04 Å². The summed E-state index contributed by atoms with van der Waals surface area (Å²) < 4.78 is 14.3. The zero-order valence-electron chi connectivity index (χ0n) is 10.6. The largest absolute Gasteiger partial charge is 0.310 e. The van der Waals surface area contributed by atoms with Crippen molar-refractivity contribution in [2.24, 2.45) is 0 Å². The summed E-state index contributed by atoms with van der Waals surface area (Å²) in [6, 6.07) is 7.42. The van der Waals surface area contributed by atoms with Crippen molar-refractivity contribution in [3.8, 4) is 0 Å². The highest BCUT2D eigenvalue weighted by atomic mass is 32.1. The molecule has 1 nitrogen and oxygen atoms in total. The Balaban J connectivity index is 2.28. The second kappa shape index (κ2) is 6.12. The first-order valence-corrected chi connectivity index (χ1v) is 7.09. The van der Waals surface area contributed by atoms with E-state index in [0.717, 1.165) is 29.5 Å². The first kappa shape index (κ1) is 13.2. The lowest BCUT2D eigenvalue weighted by atomic mass is 10.1. The van der Waals surface area contributed by atoms with Crippen LogP contribution in [-0.2, 0) is 0 Å². The SMILES string of the molecule is C=CCCC(NCC)c1cc2cc(F)ccc2s1. The number of thiophene rings is 1. The molecule has 0 aliphatic heterocycles. The van der Waals surface area contributed by atoms with Gasteiger partial charge in [-0.15, -0.1) is 17.9 Å². The average Bonchev–Trinajstić information content (AvgIpc) is 2.77. The predicted octanol–water partition coefficient (Wildman–Crippen LogP) is 4.66. The third-order valence-electron chi connectivity index (χ3n) is 2.95. The van der Waals surface area contributed by atoms with Gasteiger partial charge in [0.2, 0.25) is 0 Å². The molecule has 1 atom stereocenters. The molecule has 18 heavy (non-hydrogen) atoms. The minimum atomic E-state index is -0.169. The van der Waals surface area contributed by atoms with E-state index in [4.69, 9.17) is 0 Å². The molecule has 2 rings (SSSR count). The van der Waals surface area contributed by atoms with Crippen molar-refractivity contribution in [1.82, 2.24) is 5.32 Å². The van der Waals surface area contributed by atoms with Gasteiger partial charge in [0.15, 0.2) is 0 Å². The average molecular weight is 263 g/mol. The molecule has 0 amide bonds. The number of benzene rings is 1. The van der Waals surface area contributed by atoms with Gasteiger partial charge >= 0.3 is 0 Å². The molecular formula is C15H18FNS. The fraction of sp³-hybridized carbons (Fsp3) is 0.333. The minimum absolute atomic E-state index is 0.169. The summed E-state index contributed by atoms with van der Waals surface area (Å²) in [7, 11) is 0. The van der Waals surface area contributed by atoms with Crippen LogP contribution in [0.3, 0.4) is 0 Å². The van der Waals surface area contributed by atoms with Gasteiger partial charge in [0.05, 0.1) is 0 Å². The first-order chi connectivity index (χ1) is 8.74. The summed E-state index contributed by atoms with van der Waals surface area (Å²) in [5, 5.41) is 4.47. The Labute approximate surface area is 111 Å². The molecule has 1 aromatic heterocycles. The molecule has 0 fully saturated rings. The monoisotopic (exact) mass is 263 g/mol. The van der Waals surface area contributed by atoms with Crippen LogP contribution in [0, 0.1) is 5.82 Å². The van der Waals surface area contributed by atoms with Crippen LogP contribution in [0.25, 0.3) is 10.1 Å². The van der Waals surface area contributed by atoms with E-state index in [1.54, 1.807) is 17.4 Å². The second-order valence-electron chi connectivity index (χ2n) is 4.31. The predicted molar refractivity (Wildman–Crippen MR) is 77.6 cm³/mol. The maximum Gasteiger partial charge on any atom is 0.123 e. The number of hydrogen-bond acceptors (Lipinski definition) is 2.